The van der Waals surface area contributed by atoms with Crippen molar-refractivity contribution in [2.45, 2.75) is 70.7 Å². The van der Waals surface area contributed by atoms with Crippen LogP contribution in [0.4, 0.5) is 4.79 Å². The fourth-order valence-corrected chi connectivity index (χ4v) is 2.60. The van der Waals surface area contributed by atoms with E-state index in [9.17, 15) is 9.59 Å². The molecule has 0 aromatic rings. The van der Waals surface area contributed by atoms with Gasteiger partial charge in [0.05, 0.1) is 12.6 Å². The fraction of sp³-hybridized carbons (Fsp3) is 0.875. The summed E-state index contributed by atoms with van der Waals surface area (Å²) in [6.45, 7) is 8.38. The number of carbonyl (C=O) groups excluding carboxylic acids is 2. The maximum atomic E-state index is 11.9. The molecule has 0 saturated heterocycles. The molecule has 134 valence electrons. The van der Waals surface area contributed by atoms with Gasteiger partial charge in [-0.25, -0.2) is 4.79 Å². The molecule has 3 atom stereocenters. The summed E-state index contributed by atoms with van der Waals surface area (Å²) in [5.74, 6) is -0.0365. The lowest BCUT2D eigenvalue weighted by Crippen LogP contribution is -2.47. The normalized spacial score (nSPS) is 22.5. The predicted octanol–water partition coefficient (Wildman–Crippen LogP) is 1.17. The highest BCUT2D eigenvalue weighted by molar-refractivity contribution is 5.81. The average molecular weight is 329 g/mol. The van der Waals surface area contributed by atoms with Crippen molar-refractivity contribution in [3.63, 3.8) is 0 Å². The number of hydrogen-bond acceptors (Lipinski definition) is 5. The Morgan fingerprint density at radius 1 is 1.22 bits per heavy atom. The molecule has 1 rings (SSSR count). The summed E-state index contributed by atoms with van der Waals surface area (Å²) in [5.41, 5.74) is -0.491. The molecule has 2 amide bonds. The van der Waals surface area contributed by atoms with E-state index in [4.69, 9.17) is 9.47 Å². The van der Waals surface area contributed by atoms with Crippen LogP contribution in [0.15, 0.2) is 0 Å². The van der Waals surface area contributed by atoms with Crippen molar-refractivity contribution >= 4 is 12.0 Å². The van der Waals surface area contributed by atoms with Crippen molar-refractivity contribution in [1.82, 2.24) is 16.0 Å². The molecule has 0 bridgehead atoms. The number of nitrogens with one attached hydrogen (secondary N) is 3. The average Bonchev–Trinajstić information content (AvgIpc) is 2.83. The molecule has 7 nitrogen and oxygen atoms in total. The fourth-order valence-electron chi connectivity index (χ4n) is 2.60. The maximum absolute atomic E-state index is 11.9. The Morgan fingerprint density at radius 3 is 2.48 bits per heavy atom. The van der Waals surface area contributed by atoms with Crippen LogP contribution < -0.4 is 16.0 Å². The molecule has 1 fully saturated rings. The number of carbonyl (C=O) groups is 2. The molecule has 0 aromatic carbocycles. The third kappa shape index (κ3) is 8.18. The Kier molecular flexibility index (Phi) is 7.78. The van der Waals surface area contributed by atoms with E-state index < -0.39 is 5.60 Å². The van der Waals surface area contributed by atoms with E-state index in [0.717, 1.165) is 19.3 Å². The molecular weight excluding hydrogens is 298 g/mol. The molecule has 0 aliphatic heterocycles. The molecule has 7 heteroatoms. The molecule has 0 radical (unpaired) electrons. The molecule has 0 spiro atoms. The van der Waals surface area contributed by atoms with Gasteiger partial charge in [-0.15, -0.1) is 0 Å². The maximum Gasteiger partial charge on any atom is 0.407 e. The standard InChI is InChI=1S/C16H31N3O4/c1-11(14(20)17-8-9-22-5)18-12-6-7-13(10-12)19-15(21)23-16(2,3)4/h11-13,18H,6-10H2,1-5H3,(H,17,20)(H,19,21). The van der Waals surface area contributed by atoms with E-state index >= 15 is 0 Å². The largest absolute Gasteiger partial charge is 0.444 e. The van der Waals surface area contributed by atoms with Gasteiger partial charge in [0.25, 0.3) is 0 Å². The number of rotatable bonds is 7. The van der Waals surface area contributed by atoms with E-state index in [2.05, 4.69) is 16.0 Å². The third-order valence-electron chi connectivity index (χ3n) is 3.64. The summed E-state index contributed by atoms with van der Waals surface area (Å²) in [6.07, 6.45) is 2.23. The van der Waals surface area contributed by atoms with Gasteiger partial charge in [-0.3, -0.25) is 4.79 Å². The van der Waals surface area contributed by atoms with Gasteiger partial charge in [0.2, 0.25) is 5.91 Å². The van der Waals surface area contributed by atoms with E-state index in [1.807, 2.05) is 27.7 Å². The molecule has 23 heavy (non-hydrogen) atoms. The number of alkyl carbamates (subject to hydrolysis) is 1. The summed E-state index contributed by atoms with van der Waals surface area (Å²) in [5, 5.41) is 9.01. The number of ether oxygens (including phenoxy) is 2. The minimum absolute atomic E-state index is 0.0365. The SMILES string of the molecule is COCCNC(=O)C(C)NC1CCC(NC(=O)OC(C)(C)C)C1. The smallest absolute Gasteiger partial charge is 0.407 e. The highest BCUT2D eigenvalue weighted by Crippen LogP contribution is 2.20. The molecule has 1 aliphatic rings. The van der Waals surface area contributed by atoms with Gasteiger partial charge in [0, 0.05) is 25.7 Å². The second-order valence-electron chi connectivity index (χ2n) is 7.03. The van der Waals surface area contributed by atoms with Crippen LogP contribution in [0.2, 0.25) is 0 Å². The first kappa shape index (κ1) is 19.7. The lowest BCUT2D eigenvalue weighted by molar-refractivity contribution is -0.123. The minimum Gasteiger partial charge on any atom is -0.444 e. The summed E-state index contributed by atoms with van der Waals surface area (Å²) in [6, 6.07) is 0.0429. The number of methoxy groups -OCH3 is 1. The van der Waals surface area contributed by atoms with Crippen molar-refractivity contribution in [2.75, 3.05) is 20.3 Å². The first-order valence-corrected chi connectivity index (χ1v) is 8.23. The van der Waals surface area contributed by atoms with Gasteiger partial charge in [-0.2, -0.15) is 0 Å². The molecule has 0 heterocycles. The van der Waals surface area contributed by atoms with E-state index in [1.54, 1.807) is 7.11 Å². The van der Waals surface area contributed by atoms with Crippen molar-refractivity contribution in [3.8, 4) is 0 Å². The predicted molar refractivity (Wildman–Crippen MR) is 88.3 cm³/mol. The van der Waals surface area contributed by atoms with Crippen LogP contribution in [0.25, 0.3) is 0 Å². The Labute approximate surface area is 138 Å². The monoisotopic (exact) mass is 329 g/mol. The van der Waals surface area contributed by atoms with Crippen LogP contribution in [0.3, 0.4) is 0 Å². The lowest BCUT2D eigenvalue weighted by atomic mass is 10.2. The summed E-state index contributed by atoms with van der Waals surface area (Å²) in [4.78, 5) is 23.7. The van der Waals surface area contributed by atoms with Crippen LogP contribution in [0.1, 0.15) is 47.0 Å². The second kappa shape index (κ2) is 9.08. The zero-order chi connectivity index (χ0) is 17.5. The molecule has 3 unspecified atom stereocenters. The zero-order valence-corrected chi connectivity index (χ0v) is 14.9. The van der Waals surface area contributed by atoms with Crippen LogP contribution in [0, 0.1) is 0 Å². The van der Waals surface area contributed by atoms with Gasteiger partial charge >= 0.3 is 6.09 Å². The van der Waals surface area contributed by atoms with Gasteiger partial charge in [0.15, 0.2) is 0 Å². The minimum atomic E-state index is -0.491. The molecular formula is C16H31N3O4. The Morgan fingerprint density at radius 2 is 1.87 bits per heavy atom. The van der Waals surface area contributed by atoms with Crippen molar-refractivity contribution in [1.29, 1.82) is 0 Å². The lowest BCUT2D eigenvalue weighted by Gasteiger charge is -2.22. The molecule has 1 saturated carbocycles. The van der Waals surface area contributed by atoms with Gasteiger partial charge in [-0.05, 0) is 47.0 Å². The molecule has 0 aromatic heterocycles. The van der Waals surface area contributed by atoms with E-state index in [1.165, 1.54) is 0 Å². The Hall–Kier alpha value is -1.34. The highest BCUT2D eigenvalue weighted by atomic mass is 16.6. The summed E-state index contributed by atoms with van der Waals surface area (Å²) in [7, 11) is 1.60. The van der Waals surface area contributed by atoms with E-state index in [-0.39, 0.29) is 30.1 Å². The van der Waals surface area contributed by atoms with Gasteiger partial charge in [0.1, 0.15) is 5.60 Å². The quantitative estimate of drug-likeness (QED) is 0.610. The molecule has 1 aliphatic carbocycles. The number of hydrogen-bond donors (Lipinski definition) is 3. The number of amides is 2. The second-order valence-corrected chi connectivity index (χ2v) is 7.03. The Bertz CT molecular complexity index is 395. The van der Waals surface area contributed by atoms with Gasteiger partial charge in [-0.1, -0.05) is 0 Å². The van der Waals surface area contributed by atoms with Crippen molar-refractivity contribution in [3.05, 3.63) is 0 Å². The zero-order valence-electron chi connectivity index (χ0n) is 14.9. The first-order chi connectivity index (χ1) is 10.7. The van der Waals surface area contributed by atoms with E-state index in [0.29, 0.717) is 13.2 Å². The Balaban J connectivity index is 2.28. The topological polar surface area (TPSA) is 88.7 Å². The molecule has 3 N–H and O–H groups in total. The van der Waals surface area contributed by atoms with Crippen molar-refractivity contribution < 1.29 is 19.1 Å². The summed E-state index contributed by atoms with van der Waals surface area (Å²) < 4.78 is 10.2. The third-order valence-corrected chi connectivity index (χ3v) is 3.64. The van der Waals surface area contributed by atoms with Crippen LogP contribution in [-0.4, -0.2) is 56.0 Å². The van der Waals surface area contributed by atoms with Crippen molar-refractivity contribution in [2.24, 2.45) is 0 Å². The van der Waals surface area contributed by atoms with Gasteiger partial charge < -0.3 is 25.4 Å². The van der Waals surface area contributed by atoms with Crippen LogP contribution in [0.5, 0.6) is 0 Å². The first-order valence-electron chi connectivity index (χ1n) is 8.23. The summed E-state index contributed by atoms with van der Waals surface area (Å²) >= 11 is 0. The highest BCUT2D eigenvalue weighted by Gasteiger charge is 2.29. The van der Waals surface area contributed by atoms with Crippen LogP contribution >= 0.6 is 0 Å². The van der Waals surface area contributed by atoms with Crippen LogP contribution in [-0.2, 0) is 14.3 Å².